The Kier molecular flexibility index (Phi) is 10.2. The molecule has 0 bridgehead atoms. The lowest BCUT2D eigenvalue weighted by molar-refractivity contribution is -0.142. The van der Waals surface area contributed by atoms with Gasteiger partial charge in [0.2, 0.25) is 15.9 Å². The van der Waals surface area contributed by atoms with E-state index in [0.29, 0.717) is 35.0 Å². The Bertz CT molecular complexity index is 2680. The van der Waals surface area contributed by atoms with Gasteiger partial charge in [0.1, 0.15) is 29.6 Å². The van der Waals surface area contributed by atoms with E-state index in [2.05, 4.69) is 37.4 Å². The zero-order valence-corrected chi connectivity index (χ0v) is 32.5. The van der Waals surface area contributed by atoms with Gasteiger partial charge in [-0.1, -0.05) is 23.6 Å². The number of fused-ring (bicyclic) bond motifs is 4. The topological polar surface area (TPSA) is 145 Å². The van der Waals surface area contributed by atoms with Gasteiger partial charge in [0.05, 0.1) is 53.2 Å². The normalized spacial score (nSPS) is 20.1. The molecule has 21 heteroatoms. The van der Waals surface area contributed by atoms with Crippen molar-refractivity contribution in [2.24, 2.45) is 13.0 Å². The summed E-state index contributed by atoms with van der Waals surface area (Å²) in [5.74, 6) is -3.17. The minimum atomic E-state index is -5.07. The van der Waals surface area contributed by atoms with Crippen molar-refractivity contribution in [2.75, 3.05) is 30.7 Å². The first-order chi connectivity index (χ1) is 27.8. The summed E-state index contributed by atoms with van der Waals surface area (Å²) in [6, 6.07) is 7.11. The van der Waals surface area contributed by atoms with Crippen LogP contribution in [0.5, 0.6) is 0 Å². The van der Waals surface area contributed by atoms with Gasteiger partial charge in [-0.2, -0.15) is 32.1 Å². The zero-order chi connectivity index (χ0) is 42.2. The molecule has 2 aromatic carbocycles. The van der Waals surface area contributed by atoms with Crippen LogP contribution >= 0.6 is 11.6 Å². The number of aryl methyl sites for hydroxylation is 1. The van der Waals surface area contributed by atoms with E-state index in [1.54, 1.807) is 18.2 Å². The summed E-state index contributed by atoms with van der Waals surface area (Å²) in [7, 11) is -2.32. The number of aromatic nitrogens is 5. The first-order valence-electron chi connectivity index (χ1n) is 18.1. The quantitative estimate of drug-likeness (QED) is 0.125. The molecule has 2 fully saturated rings. The molecule has 1 aliphatic heterocycles. The molecule has 4 atom stereocenters. The fraction of sp³-hybridized carbons (Fsp3) is 0.368. The molecule has 3 aromatic heterocycles. The number of anilines is 1. The number of amides is 1. The van der Waals surface area contributed by atoms with E-state index in [9.17, 15) is 35.2 Å². The third kappa shape index (κ3) is 7.95. The molecule has 3 N–H and O–H groups in total. The number of pyridine rings is 1. The SMILES string of the molecule is Cn1nc(NS(C)(=O)=O)c2c(Cl)ccc(-c3ccc(C#CC4COCCN4)nc3[C@H](Cc3cc(F)cc(F)c3)NC(=O)Cn3nc(C(F)(F)F)c4c3C(F)(F)[C@@H]3CC43)c21. The first-order valence-corrected chi connectivity index (χ1v) is 20.3. The fourth-order valence-corrected chi connectivity index (χ4v) is 8.58. The lowest BCUT2D eigenvalue weighted by Gasteiger charge is -2.23. The maximum atomic E-state index is 15.4. The second-order valence-corrected chi connectivity index (χ2v) is 16.7. The number of nitrogens with one attached hydrogen (secondary N) is 3. The minimum Gasteiger partial charge on any atom is -0.377 e. The lowest BCUT2D eigenvalue weighted by Crippen LogP contribution is -2.40. The number of sulfonamides is 1. The molecule has 12 nitrogen and oxygen atoms in total. The Balaban J connectivity index is 1.27. The van der Waals surface area contributed by atoms with Crippen LogP contribution in [0.1, 0.15) is 52.3 Å². The molecule has 5 aromatic rings. The van der Waals surface area contributed by atoms with Crippen LogP contribution in [0.25, 0.3) is 22.0 Å². The van der Waals surface area contributed by atoms with Gasteiger partial charge in [0.15, 0.2) is 11.5 Å². The number of rotatable bonds is 9. The van der Waals surface area contributed by atoms with Crippen molar-refractivity contribution in [1.82, 2.24) is 35.2 Å². The van der Waals surface area contributed by atoms with Gasteiger partial charge in [0.25, 0.3) is 5.92 Å². The summed E-state index contributed by atoms with van der Waals surface area (Å²) in [5, 5.41) is 13.9. The van der Waals surface area contributed by atoms with E-state index < -0.39 is 81.0 Å². The van der Waals surface area contributed by atoms with Gasteiger partial charge in [0, 0.05) is 42.3 Å². The Morgan fingerprint density at radius 1 is 1.12 bits per heavy atom. The number of carbonyl (C=O) groups excluding carboxylic acids is 1. The maximum Gasteiger partial charge on any atom is 0.435 e. The largest absolute Gasteiger partial charge is 0.435 e. The van der Waals surface area contributed by atoms with E-state index in [4.69, 9.17) is 21.3 Å². The van der Waals surface area contributed by atoms with Crippen LogP contribution in [0.15, 0.2) is 42.5 Å². The van der Waals surface area contributed by atoms with Gasteiger partial charge < -0.3 is 10.1 Å². The number of hydrogen-bond donors (Lipinski definition) is 3. The molecule has 8 rings (SSSR count). The van der Waals surface area contributed by atoms with E-state index in [1.807, 2.05) is 0 Å². The molecule has 1 amide bonds. The molecule has 2 aliphatic carbocycles. The average molecular weight is 865 g/mol. The van der Waals surface area contributed by atoms with Crippen LogP contribution in [0.3, 0.4) is 0 Å². The highest BCUT2D eigenvalue weighted by molar-refractivity contribution is 7.92. The van der Waals surface area contributed by atoms with Gasteiger partial charge in [-0.3, -0.25) is 24.2 Å². The number of nitrogens with zero attached hydrogens (tertiary/aromatic N) is 5. The maximum absolute atomic E-state index is 15.4. The number of benzene rings is 2. The van der Waals surface area contributed by atoms with Crippen molar-refractivity contribution in [3.63, 3.8) is 0 Å². The summed E-state index contributed by atoms with van der Waals surface area (Å²) in [6.07, 6.45) is -4.67. The van der Waals surface area contributed by atoms with E-state index in [0.717, 1.165) is 18.4 Å². The number of halogens is 8. The highest BCUT2D eigenvalue weighted by atomic mass is 35.5. The molecule has 4 heterocycles. The van der Waals surface area contributed by atoms with Gasteiger partial charge in [-0.05, 0) is 60.6 Å². The Morgan fingerprint density at radius 2 is 1.85 bits per heavy atom. The molecule has 310 valence electrons. The molecule has 3 aliphatic rings. The van der Waals surface area contributed by atoms with Crippen LogP contribution in [0.2, 0.25) is 5.02 Å². The molecule has 0 spiro atoms. The summed E-state index contributed by atoms with van der Waals surface area (Å²) in [6.45, 7) is 0.236. The first kappa shape index (κ1) is 40.5. The predicted octanol–water partition coefficient (Wildman–Crippen LogP) is 5.80. The lowest BCUT2D eigenvalue weighted by atomic mass is 9.93. The van der Waals surface area contributed by atoms with Crippen molar-refractivity contribution < 1.29 is 48.7 Å². The van der Waals surface area contributed by atoms with Crippen LogP contribution < -0.4 is 15.4 Å². The van der Waals surface area contributed by atoms with Crippen LogP contribution in [-0.2, 0) is 51.7 Å². The van der Waals surface area contributed by atoms with Crippen molar-refractivity contribution >= 4 is 44.3 Å². The second kappa shape index (κ2) is 14.8. The summed E-state index contributed by atoms with van der Waals surface area (Å²) >= 11 is 6.59. The van der Waals surface area contributed by atoms with Crippen LogP contribution in [0.4, 0.5) is 36.6 Å². The summed E-state index contributed by atoms with van der Waals surface area (Å²) < 4.78 is 136. The summed E-state index contributed by atoms with van der Waals surface area (Å²) in [4.78, 5) is 18.8. The van der Waals surface area contributed by atoms with Crippen molar-refractivity contribution in [2.45, 2.75) is 49.5 Å². The van der Waals surface area contributed by atoms with Gasteiger partial charge >= 0.3 is 6.18 Å². The molecule has 1 saturated heterocycles. The standard InChI is InChI=1S/C38H32ClF7N8O4S/c1-53-33-24(7-8-27(39)31(33)36(51-53)52-59(2,56)57)23-6-5-21(3-4-22-17-58-10-9-47-22)48-32(23)28(13-18-11-19(40)14-20(41)12-18)49-29(55)16-54-35-30(34(50-54)38(44,45)46)25-15-26(25)37(35,42)43/h5-8,11-12,14,22,25-26,28,47H,9-10,13,15-17H2,1-2H3,(H,49,55)(H,51,52)/t22?,25?,26-,28+/m1/s1. The third-order valence-corrected chi connectivity index (χ3v) is 11.1. The Morgan fingerprint density at radius 3 is 2.53 bits per heavy atom. The monoisotopic (exact) mass is 864 g/mol. The Hall–Kier alpha value is -5.23. The number of ether oxygens (including phenoxy) is 1. The third-order valence-electron chi connectivity index (χ3n) is 10.3. The molecular weight excluding hydrogens is 833 g/mol. The predicted molar refractivity (Wildman–Crippen MR) is 200 cm³/mol. The zero-order valence-electron chi connectivity index (χ0n) is 30.9. The molecule has 1 saturated carbocycles. The number of carbonyl (C=O) groups is 1. The van der Waals surface area contributed by atoms with Crippen molar-refractivity contribution in [1.29, 1.82) is 0 Å². The molecule has 2 unspecified atom stereocenters. The fourth-order valence-electron chi connectivity index (χ4n) is 7.85. The number of hydrogen-bond acceptors (Lipinski definition) is 8. The van der Waals surface area contributed by atoms with Crippen molar-refractivity contribution in [3.8, 4) is 23.0 Å². The van der Waals surface area contributed by atoms with E-state index in [1.165, 1.54) is 17.8 Å². The molecule has 59 heavy (non-hydrogen) atoms. The minimum absolute atomic E-state index is 0.0213. The van der Waals surface area contributed by atoms with Crippen molar-refractivity contribution in [3.05, 3.63) is 93.0 Å². The molecular formula is C38H32ClF7N8O4S. The average Bonchev–Trinajstić information content (AvgIpc) is 3.68. The number of alkyl halides is 5. The highest BCUT2D eigenvalue weighted by Gasteiger charge is 2.68. The van der Waals surface area contributed by atoms with E-state index >= 15 is 8.78 Å². The number of morpholine rings is 1. The second-order valence-electron chi connectivity index (χ2n) is 14.6. The van der Waals surface area contributed by atoms with Crippen LogP contribution in [-0.4, -0.2) is 70.9 Å². The van der Waals surface area contributed by atoms with Gasteiger partial charge in [-0.15, -0.1) is 0 Å². The Labute approximate surface area is 336 Å². The summed E-state index contributed by atoms with van der Waals surface area (Å²) in [5.41, 5.74) is -2.00. The van der Waals surface area contributed by atoms with E-state index in [-0.39, 0.29) is 64.2 Å². The smallest absolute Gasteiger partial charge is 0.377 e. The van der Waals surface area contributed by atoms with Crippen LogP contribution in [0, 0.1) is 29.4 Å². The molecule has 0 radical (unpaired) electrons. The van der Waals surface area contributed by atoms with Gasteiger partial charge in [-0.25, -0.2) is 22.2 Å². The highest BCUT2D eigenvalue weighted by Crippen LogP contribution is 2.68.